The summed E-state index contributed by atoms with van der Waals surface area (Å²) < 4.78 is 0. The van der Waals surface area contributed by atoms with E-state index in [1.807, 2.05) is 85.1 Å². The average molecular weight is 639 g/mol. The molecule has 7 aromatic carbocycles. The molecule has 9 aromatic rings. The molecule has 2 aromatic heterocycles. The van der Waals surface area contributed by atoms with Gasteiger partial charge in [-0.2, -0.15) is 0 Å². The maximum Gasteiger partial charge on any atom is 0.164 e. The first-order valence-corrected chi connectivity index (χ1v) is 16.7. The van der Waals surface area contributed by atoms with E-state index < -0.39 is 0 Å². The van der Waals surface area contributed by atoms with Crippen LogP contribution < -0.4 is 0 Å². The molecule has 0 saturated carbocycles. The number of nitrogens with zero attached hydrogens (tertiary/aromatic N) is 4. The predicted molar refractivity (Wildman–Crippen MR) is 205 cm³/mol. The van der Waals surface area contributed by atoms with E-state index in [0.717, 1.165) is 55.6 Å². The van der Waals surface area contributed by atoms with Crippen molar-refractivity contribution in [2.45, 2.75) is 0 Å². The van der Waals surface area contributed by atoms with Crippen LogP contribution in [0.25, 0.3) is 89.2 Å². The van der Waals surface area contributed by atoms with Crippen molar-refractivity contribution >= 4 is 21.5 Å². The smallest absolute Gasteiger partial charge is 0.164 e. The number of rotatable bonds is 6. The molecule has 0 radical (unpaired) electrons. The molecule has 4 nitrogen and oxygen atoms in total. The molecule has 2 heterocycles. The molecule has 0 saturated heterocycles. The predicted octanol–water partition coefficient (Wildman–Crippen LogP) is 11.6. The molecule has 0 aliphatic carbocycles. The van der Waals surface area contributed by atoms with Crippen molar-refractivity contribution in [3.05, 3.63) is 182 Å². The molecule has 9 rings (SSSR count). The second-order valence-electron chi connectivity index (χ2n) is 12.3. The van der Waals surface area contributed by atoms with E-state index >= 15 is 0 Å². The number of aromatic nitrogens is 4. The lowest BCUT2D eigenvalue weighted by atomic mass is 9.85. The van der Waals surface area contributed by atoms with Gasteiger partial charge in [0.2, 0.25) is 0 Å². The molecule has 0 N–H and O–H groups in total. The van der Waals surface area contributed by atoms with E-state index in [0.29, 0.717) is 17.5 Å². The van der Waals surface area contributed by atoms with Crippen molar-refractivity contribution in [3.8, 4) is 67.7 Å². The molecule has 0 aliphatic heterocycles. The molecule has 0 unspecified atom stereocenters. The van der Waals surface area contributed by atoms with E-state index in [1.54, 1.807) is 0 Å². The Hall–Kier alpha value is -6.78. The van der Waals surface area contributed by atoms with Gasteiger partial charge in [0.05, 0.1) is 5.69 Å². The largest absolute Gasteiger partial charge is 0.256 e. The average Bonchev–Trinajstić information content (AvgIpc) is 3.21. The van der Waals surface area contributed by atoms with Crippen LogP contribution in [0.3, 0.4) is 0 Å². The first kappa shape index (κ1) is 29.4. The molecule has 0 atom stereocenters. The van der Waals surface area contributed by atoms with Crippen LogP contribution in [0.5, 0.6) is 0 Å². The van der Waals surface area contributed by atoms with Crippen molar-refractivity contribution in [1.29, 1.82) is 0 Å². The number of benzene rings is 7. The van der Waals surface area contributed by atoms with Crippen LogP contribution in [0.15, 0.2) is 182 Å². The fraction of sp³-hybridized carbons (Fsp3) is 0. The van der Waals surface area contributed by atoms with Gasteiger partial charge in [-0.15, -0.1) is 0 Å². The van der Waals surface area contributed by atoms with E-state index in [-0.39, 0.29) is 0 Å². The second-order valence-corrected chi connectivity index (χ2v) is 12.3. The molecular formula is C46H30N4. The Balaban J connectivity index is 1.31. The molecular weight excluding hydrogens is 609 g/mol. The molecule has 0 spiro atoms. The van der Waals surface area contributed by atoms with Crippen LogP contribution in [0.4, 0.5) is 0 Å². The van der Waals surface area contributed by atoms with E-state index in [2.05, 4.69) is 97.1 Å². The monoisotopic (exact) mass is 638 g/mol. The lowest BCUT2D eigenvalue weighted by molar-refractivity contribution is 1.07. The van der Waals surface area contributed by atoms with Crippen LogP contribution in [0.1, 0.15) is 0 Å². The Morgan fingerprint density at radius 2 is 0.720 bits per heavy atom. The van der Waals surface area contributed by atoms with Crippen molar-refractivity contribution in [1.82, 2.24) is 19.9 Å². The first-order chi connectivity index (χ1) is 24.8. The highest BCUT2D eigenvalue weighted by Crippen LogP contribution is 2.45. The highest BCUT2D eigenvalue weighted by molar-refractivity contribution is 6.22. The molecule has 4 heteroatoms. The van der Waals surface area contributed by atoms with Gasteiger partial charge in [-0.1, -0.05) is 164 Å². The third kappa shape index (κ3) is 5.39. The van der Waals surface area contributed by atoms with Gasteiger partial charge in [0.1, 0.15) is 0 Å². The maximum atomic E-state index is 5.06. The van der Waals surface area contributed by atoms with E-state index in [1.165, 1.54) is 16.2 Å². The highest BCUT2D eigenvalue weighted by Gasteiger charge is 2.20. The van der Waals surface area contributed by atoms with Crippen LogP contribution in [-0.4, -0.2) is 19.9 Å². The molecule has 234 valence electrons. The van der Waals surface area contributed by atoms with E-state index in [4.69, 9.17) is 19.9 Å². The highest BCUT2D eigenvalue weighted by atomic mass is 15.0. The third-order valence-corrected chi connectivity index (χ3v) is 9.17. The molecule has 50 heavy (non-hydrogen) atoms. The lowest BCUT2D eigenvalue weighted by Crippen LogP contribution is -2.00. The minimum Gasteiger partial charge on any atom is -0.256 e. The Kier molecular flexibility index (Phi) is 7.45. The van der Waals surface area contributed by atoms with Crippen molar-refractivity contribution in [2.75, 3.05) is 0 Å². The normalized spacial score (nSPS) is 11.2. The third-order valence-electron chi connectivity index (χ3n) is 9.17. The molecule has 0 bridgehead atoms. The summed E-state index contributed by atoms with van der Waals surface area (Å²) in [6.07, 6.45) is 2.01. The number of fused-ring (bicyclic) bond motifs is 3. The fourth-order valence-electron chi connectivity index (χ4n) is 6.79. The van der Waals surface area contributed by atoms with Crippen LogP contribution in [0.2, 0.25) is 0 Å². The Labute approximate surface area is 290 Å². The van der Waals surface area contributed by atoms with Crippen LogP contribution in [0, 0.1) is 0 Å². The number of hydrogen-bond donors (Lipinski definition) is 0. The van der Waals surface area contributed by atoms with Gasteiger partial charge in [-0.3, -0.25) is 4.98 Å². The summed E-state index contributed by atoms with van der Waals surface area (Å²) in [5.74, 6) is 1.91. The molecule has 0 fully saturated rings. The molecule has 0 amide bonds. The Morgan fingerprint density at radius 3 is 1.28 bits per heavy atom. The summed E-state index contributed by atoms with van der Waals surface area (Å²) >= 11 is 0. The summed E-state index contributed by atoms with van der Waals surface area (Å²) in [6.45, 7) is 0. The fourth-order valence-corrected chi connectivity index (χ4v) is 6.79. The Morgan fingerprint density at radius 1 is 0.280 bits per heavy atom. The minimum absolute atomic E-state index is 0.627. The lowest BCUT2D eigenvalue weighted by Gasteiger charge is -2.19. The van der Waals surface area contributed by atoms with E-state index in [9.17, 15) is 0 Å². The van der Waals surface area contributed by atoms with Crippen molar-refractivity contribution < 1.29 is 0 Å². The SMILES string of the molecule is c1ccc(-c2ccc(-c3c(-c4ccccc4)c4cc(-c5nc(-c6ccccc6)nc(-c6ccccc6)n5)ccc4c4ccccc34)cn2)cc1. The standard InChI is InChI=1S/C46H30N4/c1-5-15-31(16-6-1)41-28-26-36(30-47-41)43-39-24-14-13-23-37(39)38-27-25-35(29-40(38)42(43)32-17-7-2-8-18-32)46-49-44(33-19-9-3-10-20-33)48-45(50-46)34-21-11-4-12-22-34/h1-30H. The molecule has 0 aliphatic rings. The Bertz CT molecular complexity index is 2550. The van der Waals surface area contributed by atoms with Gasteiger partial charge in [0.15, 0.2) is 17.5 Å². The number of pyridine rings is 1. The van der Waals surface area contributed by atoms with Crippen molar-refractivity contribution in [3.63, 3.8) is 0 Å². The zero-order valence-electron chi connectivity index (χ0n) is 27.1. The quantitative estimate of drug-likeness (QED) is 0.170. The zero-order valence-corrected chi connectivity index (χ0v) is 27.1. The summed E-state index contributed by atoms with van der Waals surface area (Å²) in [7, 11) is 0. The first-order valence-electron chi connectivity index (χ1n) is 16.7. The summed E-state index contributed by atoms with van der Waals surface area (Å²) in [6, 6.07) is 60.8. The van der Waals surface area contributed by atoms with Gasteiger partial charge in [0, 0.05) is 34.0 Å². The van der Waals surface area contributed by atoms with Gasteiger partial charge in [-0.25, -0.2) is 15.0 Å². The zero-order chi connectivity index (χ0) is 33.3. The topological polar surface area (TPSA) is 51.6 Å². The number of hydrogen-bond acceptors (Lipinski definition) is 4. The summed E-state index contributed by atoms with van der Waals surface area (Å²) in [4.78, 5) is 20.0. The summed E-state index contributed by atoms with van der Waals surface area (Å²) in [5.41, 5.74) is 9.34. The van der Waals surface area contributed by atoms with Gasteiger partial charge >= 0.3 is 0 Å². The van der Waals surface area contributed by atoms with Gasteiger partial charge in [-0.05, 0) is 50.4 Å². The summed E-state index contributed by atoms with van der Waals surface area (Å²) in [5, 5.41) is 4.65. The van der Waals surface area contributed by atoms with Gasteiger partial charge in [0.25, 0.3) is 0 Å². The van der Waals surface area contributed by atoms with Crippen LogP contribution in [-0.2, 0) is 0 Å². The van der Waals surface area contributed by atoms with Crippen LogP contribution >= 0.6 is 0 Å². The maximum absolute atomic E-state index is 5.06. The minimum atomic E-state index is 0.627. The van der Waals surface area contributed by atoms with Crippen molar-refractivity contribution in [2.24, 2.45) is 0 Å². The van der Waals surface area contributed by atoms with Gasteiger partial charge < -0.3 is 0 Å². The second kappa shape index (κ2) is 12.7.